The molecular weight excluding hydrogens is 234 g/mol. The van der Waals surface area contributed by atoms with Gasteiger partial charge in [0.25, 0.3) is 0 Å². The lowest BCUT2D eigenvalue weighted by Gasteiger charge is -2.12. The highest BCUT2D eigenvalue weighted by atomic mass is 16.5. The molecule has 0 bridgehead atoms. The Bertz CT molecular complexity index is 368. The zero-order valence-corrected chi connectivity index (χ0v) is 11.2. The van der Waals surface area contributed by atoms with Gasteiger partial charge < -0.3 is 15.2 Å². The van der Waals surface area contributed by atoms with Crippen LogP contribution in [0.15, 0.2) is 6.20 Å². The Morgan fingerprint density at radius 3 is 2.83 bits per heavy atom. The summed E-state index contributed by atoms with van der Waals surface area (Å²) in [5.41, 5.74) is 6.34. The fraction of sp³-hybridized carbons (Fsp3) is 0.667. The molecule has 1 atom stereocenters. The summed E-state index contributed by atoms with van der Waals surface area (Å²) in [4.78, 5) is 12.3. The Kier molecular flexibility index (Phi) is 5.80. The number of carbonyl (C=O) groups excluding carboxylic acids is 1. The highest BCUT2D eigenvalue weighted by Gasteiger charge is 2.23. The summed E-state index contributed by atoms with van der Waals surface area (Å²) >= 11 is 0. The predicted molar refractivity (Wildman–Crippen MR) is 67.9 cm³/mol. The summed E-state index contributed by atoms with van der Waals surface area (Å²) in [6.45, 7) is 3.13. The molecule has 0 saturated heterocycles. The topological polar surface area (TPSA) is 79.4 Å². The molecule has 0 aliphatic rings. The van der Waals surface area contributed by atoms with Crippen molar-refractivity contribution in [3.05, 3.63) is 11.9 Å². The Labute approximate surface area is 107 Å². The van der Waals surface area contributed by atoms with Gasteiger partial charge in [-0.15, -0.1) is 0 Å². The molecule has 1 heterocycles. The molecule has 1 rings (SSSR count). The highest BCUT2D eigenvalue weighted by molar-refractivity contribution is 6.00. The number of rotatable bonds is 8. The fourth-order valence-corrected chi connectivity index (χ4v) is 1.76. The van der Waals surface area contributed by atoms with Crippen LogP contribution in [-0.4, -0.2) is 42.4 Å². The standard InChI is InChI=1S/C12H21N3O3/c1-4-15-11(10(18-3)8-14-15)12(16)9(13)6-5-7-17-2/h8-9H,4-7,13H2,1-3H3. The van der Waals surface area contributed by atoms with Crippen molar-refractivity contribution in [2.45, 2.75) is 32.4 Å². The number of ether oxygens (including phenoxy) is 2. The van der Waals surface area contributed by atoms with Crippen LogP contribution >= 0.6 is 0 Å². The minimum Gasteiger partial charge on any atom is -0.493 e. The second kappa shape index (κ2) is 7.13. The first kappa shape index (κ1) is 14.7. The van der Waals surface area contributed by atoms with Crippen LogP contribution in [0, 0.1) is 0 Å². The first-order valence-corrected chi connectivity index (χ1v) is 6.04. The van der Waals surface area contributed by atoms with Crippen molar-refractivity contribution in [3.8, 4) is 5.75 Å². The van der Waals surface area contributed by atoms with E-state index in [9.17, 15) is 4.79 Å². The molecule has 1 aromatic heterocycles. The number of ketones is 1. The van der Waals surface area contributed by atoms with Crippen molar-refractivity contribution < 1.29 is 14.3 Å². The van der Waals surface area contributed by atoms with Crippen LogP contribution in [0.25, 0.3) is 0 Å². The number of methoxy groups -OCH3 is 2. The summed E-state index contributed by atoms with van der Waals surface area (Å²) in [6, 6.07) is -0.545. The summed E-state index contributed by atoms with van der Waals surface area (Å²) in [5.74, 6) is 0.339. The third-order valence-corrected chi connectivity index (χ3v) is 2.76. The van der Waals surface area contributed by atoms with E-state index in [2.05, 4.69) is 5.10 Å². The average molecular weight is 255 g/mol. The quantitative estimate of drug-likeness (QED) is 0.550. The Hall–Kier alpha value is -1.40. The van der Waals surface area contributed by atoms with Gasteiger partial charge in [0.15, 0.2) is 5.75 Å². The smallest absolute Gasteiger partial charge is 0.201 e. The van der Waals surface area contributed by atoms with Crippen molar-refractivity contribution >= 4 is 5.78 Å². The van der Waals surface area contributed by atoms with Gasteiger partial charge in [0, 0.05) is 20.3 Å². The molecule has 0 radical (unpaired) electrons. The van der Waals surface area contributed by atoms with E-state index in [1.165, 1.54) is 7.11 Å². The first-order chi connectivity index (χ1) is 8.65. The highest BCUT2D eigenvalue weighted by Crippen LogP contribution is 2.19. The van der Waals surface area contributed by atoms with E-state index in [4.69, 9.17) is 15.2 Å². The van der Waals surface area contributed by atoms with Crippen LogP contribution in [0.4, 0.5) is 0 Å². The summed E-state index contributed by atoms with van der Waals surface area (Å²) in [6.07, 6.45) is 2.88. The largest absolute Gasteiger partial charge is 0.493 e. The van der Waals surface area contributed by atoms with Crippen LogP contribution in [0.3, 0.4) is 0 Å². The third kappa shape index (κ3) is 3.30. The monoisotopic (exact) mass is 255 g/mol. The van der Waals surface area contributed by atoms with Gasteiger partial charge in [-0.3, -0.25) is 9.48 Å². The maximum Gasteiger partial charge on any atom is 0.201 e. The van der Waals surface area contributed by atoms with Gasteiger partial charge in [-0.2, -0.15) is 5.10 Å². The molecule has 0 amide bonds. The normalized spacial score (nSPS) is 12.4. The molecule has 6 nitrogen and oxygen atoms in total. The van der Waals surface area contributed by atoms with Gasteiger partial charge in [-0.05, 0) is 19.8 Å². The van der Waals surface area contributed by atoms with E-state index in [1.807, 2.05) is 6.92 Å². The van der Waals surface area contributed by atoms with Crippen LogP contribution in [0.2, 0.25) is 0 Å². The lowest BCUT2D eigenvalue weighted by Crippen LogP contribution is -2.32. The minimum atomic E-state index is -0.545. The Balaban J connectivity index is 2.78. The molecule has 18 heavy (non-hydrogen) atoms. The van der Waals surface area contributed by atoms with Gasteiger partial charge in [0.1, 0.15) is 5.69 Å². The number of Topliss-reactive ketones (excluding diaryl/α,β-unsaturated/α-hetero) is 1. The lowest BCUT2D eigenvalue weighted by molar-refractivity contribution is 0.0936. The minimum absolute atomic E-state index is 0.137. The van der Waals surface area contributed by atoms with Crippen molar-refractivity contribution in [1.29, 1.82) is 0 Å². The van der Waals surface area contributed by atoms with Gasteiger partial charge in [-0.1, -0.05) is 0 Å². The molecule has 0 aliphatic carbocycles. The molecule has 1 aromatic rings. The van der Waals surface area contributed by atoms with Crippen molar-refractivity contribution in [3.63, 3.8) is 0 Å². The van der Waals surface area contributed by atoms with Crippen molar-refractivity contribution in [2.24, 2.45) is 5.73 Å². The molecule has 0 aromatic carbocycles. The number of nitrogens with zero attached hydrogens (tertiary/aromatic N) is 2. The number of nitrogens with two attached hydrogens (primary N) is 1. The molecule has 6 heteroatoms. The van der Waals surface area contributed by atoms with E-state index < -0.39 is 6.04 Å². The second-order valence-corrected chi connectivity index (χ2v) is 3.98. The maximum atomic E-state index is 12.3. The van der Waals surface area contributed by atoms with Crippen LogP contribution < -0.4 is 10.5 Å². The Morgan fingerprint density at radius 2 is 2.28 bits per heavy atom. The molecule has 0 fully saturated rings. The SMILES string of the molecule is CCn1ncc(OC)c1C(=O)C(N)CCCOC. The number of hydrogen-bond acceptors (Lipinski definition) is 5. The molecular formula is C12H21N3O3. The van der Waals surface area contributed by atoms with E-state index in [0.717, 1.165) is 6.42 Å². The van der Waals surface area contributed by atoms with Gasteiger partial charge in [-0.25, -0.2) is 0 Å². The summed E-state index contributed by atoms with van der Waals surface area (Å²) < 4.78 is 11.7. The molecule has 0 spiro atoms. The van der Waals surface area contributed by atoms with E-state index in [-0.39, 0.29) is 5.78 Å². The Morgan fingerprint density at radius 1 is 1.56 bits per heavy atom. The van der Waals surface area contributed by atoms with E-state index >= 15 is 0 Å². The van der Waals surface area contributed by atoms with Crippen molar-refractivity contribution in [1.82, 2.24) is 9.78 Å². The number of aryl methyl sites for hydroxylation is 1. The zero-order chi connectivity index (χ0) is 13.5. The summed E-state index contributed by atoms with van der Waals surface area (Å²) in [5, 5.41) is 4.10. The van der Waals surface area contributed by atoms with Crippen LogP contribution in [-0.2, 0) is 11.3 Å². The first-order valence-electron chi connectivity index (χ1n) is 6.04. The average Bonchev–Trinajstić information content (AvgIpc) is 2.80. The molecule has 2 N–H and O–H groups in total. The zero-order valence-electron chi connectivity index (χ0n) is 11.2. The second-order valence-electron chi connectivity index (χ2n) is 3.98. The maximum absolute atomic E-state index is 12.3. The number of carbonyl (C=O) groups is 1. The number of aromatic nitrogens is 2. The number of hydrogen-bond donors (Lipinski definition) is 1. The molecule has 1 unspecified atom stereocenters. The van der Waals surface area contributed by atoms with Gasteiger partial charge in [0.05, 0.1) is 19.3 Å². The third-order valence-electron chi connectivity index (χ3n) is 2.76. The van der Waals surface area contributed by atoms with E-state index in [0.29, 0.717) is 31.0 Å². The van der Waals surface area contributed by atoms with E-state index in [1.54, 1.807) is 18.0 Å². The molecule has 102 valence electrons. The predicted octanol–water partition coefficient (Wildman–Crippen LogP) is 0.848. The van der Waals surface area contributed by atoms with Gasteiger partial charge >= 0.3 is 0 Å². The van der Waals surface area contributed by atoms with Gasteiger partial charge in [0.2, 0.25) is 5.78 Å². The summed E-state index contributed by atoms with van der Waals surface area (Å²) in [7, 11) is 3.15. The van der Waals surface area contributed by atoms with Crippen molar-refractivity contribution in [2.75, 3.05) is 20.8 Å². The lowest BCUT2D eigenvalue weighted by atomic mass is 10.1. The fourth-order valence-electron chi connectivity index (χ4n) is 1.76. The van der Waals surface area contributed by atoms with Crippen LogP contribution in [0.5, 0.6) is 5.75 Å². The van der Waals surface area contributed by atoms with Crippen LogP contribution in [0.1, 0.15) is 30.3 Å². The molecule has 0 aliphatic heterocycles. The molecule has 0 saturated carbocycles.